The Labute approximate surface area is 230 Å². The maximum absolute atomic E-state index is 12.5. The predicted molar refractivity (Wildman–Crippen MR) is 149 cm³/mol. The number of aliphatic imine (C=N–C) groups is 1. The third-order valence-electron chi connectivity index (χ3n) is 7.41. The van der Waals surface area contributed by atoms with Crippen LogP contribution in [0.5, 0.6) is 0 Å². The fourth-order valence-electron chi connectivity index (χ4n) is 5.25. The number of aromatic nitrogens is 5. The Bertz CT molecular complexity index is 1280. The number of hydrogen-bond donors (Lipinski definition) is 2. The molecule has 0 radical (unpaired) electrons. The smallest absolute Gasteiger partial charge is 0.244 e. The van der Waals surface area contributed by atoms with E-state index in [0.29, 0.717) is 12.1 Å². The normalized spacial score (nSPS) is 21.2. The summed E-state index contributed by atoms with van der Waals surface area (Å²) in [6, 6.07) is 6.87. The summed E-state index contributed by atoms with van der Waals surface area (Å²) >= 11 is 8.27. The number of nitrogens with zero attached hydrogens (tertiary/aromatic N) is 7. The number of aromatic amines is 1. The highest BCUT2D eigenvalue weighted by atomic mass is 35.5. The number of halogens is 1. The van der Waals surface area contributed by atoms with Crippen molar-refractivity contribution in [3.05, 3.63) is 35.2 Å². The van der Waals surface area contributed by atoms with Crippen molar-refractivity contribution in [2.24, 2.45) is 4.99 Å². The first-order chi connectivity index (χ1) is 18.6. The van der Waals surface area contributed by atoms with Gasteiger partial charge in [0.2, 0.25) is 5.91 Å². The van der Waals surface area contributed by atoms with Crippen LogP contribution < -0.4 is 5.32 Å². The number of carbonyl (C=O) groups excluding carboxylic acids is 1. The Morgan fingerprint density at radius 3 is 2.82 bits per heavy atom. The third-order valence-corrected chi connectivity index (χ3v) is 8.78. The summed E-state index contributed by atoms with van der Waals surface area (Å²) in [4.78, 5) is 25.5. The molecule has 2 fully saturated rings. The van der Waals surface area contributed by atoms with Gasteiger partial charge in [-0.05, 0) is 47.9 Å². The van der Waals surface area contributed by atoms with Gasteiger partial charge in [0.25, 0.3) is 0 Å². The van der Waals surface area contributed by atoms with E-state index in [4.69, 9.17) is 21.3 Å². The molecule has 3 aliphatic rings. The van der Waals surface area contributed by atoms with Gasteiger partial charge in [-0.3, -0.25) is 14.7 Å². The molecule has 13 heteroatoms. The SMILES string of the molecule is O=C(Cn1cnnn1)N1CCN(CCC2CSC(c3cc4cc(Cl)cc(NC5CCOCC5)c4[nH]3)=N2)CC1. The lowest BCUT2D eigenvalue weighted by Crippen LogP contribution is -2.50. The monoisotopic (exact) mass is 557 g/mol. The summed E-state index contributed by atoms with van der Waals surface area (Å²) < 4.78 is 6.97. The minimum absolute atomic E-state index is 0.0594. The highest BCUT2D eigenvalue weighted by Crippen LogP contribution is 2.33. The molecule has 2 aromatic heterocycles. The lowest BCUT2D eigenvalue weighted by molar-refractivity contribution is -0.133. The Morgan fingerprint density at radius 2 is 2.03 bits per heavy atom. The fraction of sp³-hybridized carbons (Fsp3) is 0.560. The summed E-state index contributed by atoms with van der Waals surface area (Å²) in [5.74, 6) is 1.05. The summed E-state index contributed by atoms with van der Waals surface area (Å²) in [5, 5.41) is 17.5. The zero-order valence-electron chi connectivity index (χ0n) is 21.2. The summed E-state index contributed by atoms with van der Waals surface area (Å²) in [5.41, 5.74) is 3.18. The summed E-state index contributed by atoms with van der Waals surface area (Å²) in [6.45, 7) is 5.99. The van der Waals surface area contributed by atoms with Gasteiger partial charge in [-0.15, -0.1) is 16.9 Å². The first-order valence-corrected chi connectivity index (χ1v) is 14.6. The molecule has 202 valence electrons. The van der Waals surface area contributed by atoms with Crippen LogP contribution in [-0.2, 0) is 16.1 Å². The van der Waals surface area contributed by atoms with Gasteiger partial charge >= 0.3 is 0 Å². The molecule has 6 rings (SSSR count). The van der Waals surface area contributed by atoms with Crippen molar-refractivity contribution in [1.82, 2.24) is 35.0 Å². The van der Waals surface area contributed by atoms with E-state index in [0.717, 1.165) is 103 Å². The van der Waals surface area contributed by atoms with Crippen molar-refractivity contribution < 1.29 is 9.53 Å². The van der Waals surface area contributed by atoms with Crippen molar-refractivity contribution in [2.75, 3.05) is 57.0 Å². The molecule has 2 saturated heterocycles. The molecule has 2 N–H and O–H groups in total. The largest absolute Gasteiger partial charge is 0.381 e. The van der Waals surface area contributed by atoms with Crippen LogP contribution in [0.15, 0.2) is 29.5 Å². The van der Waals surface area contributed by atoms with E-state index in [1.54, 1.807) is 0 Å². The molecule has 38 heavy (non-hydrogen) atoms. The van der Waals surface area contributed by atoms with Gasteiger partial charge in [-0.25, -0.2) is 4.68 Å². The molecular weight excluding hydrogens is 526 g/mol. The van der Waals surface area contributed by atoms with E-state index in [1.165, 1.54) is 11.0 Å². The Morgan fingerprint density at radius 1 is 1.18 bits per heavy atom. The van der Waals surface area contributed by atoms with Gasteiger partial charge < -0.3 is 19.9 Å². The second-order valence-electron chi connectivity index (χ2n) is 10.0. The number of tetrazole rings is 1. The molecule has 0 aliphatic carbocycles. The number of hydrogen-bond acceptors (Lipinski definition) is 9. The molecule has 0 spiro atoms. The number of ether oxygens (including phenoxy) is 1. The highest BCUT2D eigenvalue weighted by molar-refractivity contribution is 8.14. The van der Waals surface area contributed by atoms with Crippen LogP contribution in [0.1, 0.15) is 25.0 Å². The van der Waals surface area contributed by atoms with E-state index in [1.807, 2.05) is 28.8 Å². The van der Waals surface area contributed by atoms with E-state index >= 15 is 0 Å². The number of thioether (sulfide) groups is 1. The number of rotatable bonds is 8. The van der Waals surface area contributed by atoms with Gasteiger partial charge in [0.1, 0.15) is 17.9 Å². The lowest BCUT2D eigenvalue weighted by atomic mass is 10.1. The fourth-order valence-corrected chi connectivity index (χ4v) is 6.56. The van der Waals surface area contributed by atoms with Gasteiger partial charge in [-0.2, -0.15) is 0 Å². The second-order valence-corrected chi connectivity index (χ2v) is 11.5. The van der Waals surface area contributed by atoms with Crippen LogP contribution in [0.2, 0.25) is 5.02 Å². The van der Waals surface area contributed by atoms with Crippen LogP contribution in [0, 0.1) is 0 Å². The Balaban J connectivity index is 1.03. The number of amides is 1. The summed E-state index contributed by atoms with van der Waals surface area (Å²) in [7, 11) is 0. The Kier molecular flexibility index (Phi) is 7.82. The van der Waals surface area contributed by atoms with Crippen molar-refractivity contribution in [3.8, 4) is 0 Å². The van der Waals surface area contributed by atoms with Crippen LogP contribution in [0.4, 0.5) is 5.69 Å². The quantitative estimate of drug-likeness (QED) is 0.434. The van der Waals surface area contributed by atoms with Crippen molar-refractivity contribution in [1.29, 1.82) is 0 Å². The minimum atomic E-state index is 0.0594. The minimum Gasteiger partial charge on any atom is -0.381 e. The molecule has 1 aromatic carbocycles. The molecule has 3 aromatic rings. The molecule has 11 nitrogen and oxygen atoms in total. The Hall–Kier alpha value is -2.67. The van der Waals surface area contributed by atoms with Gasteiger partial charge in [-0.1, -0.05) is 11.6 Å². The number of H-pyrrole nitrogens is 1. The first-order valence-electron chi connectivity index (χ1n) is 13.2. The van der Waals surface area contributed by atoms with Crippen LogP contribution in [0.3, 0.4) is 0 Å². The third kappa shape index (κ3) is 5.98. The summed E-state index contributed by atoms with van der Waals surface area (Å²) in [6.07, 6.45) is 4.48. The van der Waals surface area contributed by atoms with E-state index in [2.05, 4.69) is 36.8 Å². The van der Waals surface area contributed by atoms with E-state index in [-0.39, 0.29) is 12.5 Å². The topological polar surface area (TPSA) is 117 Å². The molecule has 3 aliphatic heterocycles. The zero-order chi connectivity index (χ0) is 25.9. The van der Waals surface area contributed by atoms with Crippen molar-refractivity contribution >= 4 is 50.9 Å². The maximum atomic E-state index is 12.5. The van der Waals surface area contributed by atoms with Crippen LogP contribution in [-0.4, -0.2) is 110 Å². The first kappa shape index (κ1) is 25.6. The number of piperazine rings is 1. The predicted octanol–water partition coefficient (Wildman–Crippen LogP) is 2.50. The molecule has 0 bridgehead atoms. The van der Waals surface area contributed by atoms with Gasteiger partial charge in [0.05, 0.1) is 22.9 Å². The number of fused-ring (bicyclic) bond motifs is 1. The average Bonchev–Trinajstić information content (AvgIpc) is 3.69. The number of benzene rings is 1. The number of nitrogens with one attached hydrogen (secondary N) is 2. The zero-order valence-corrected chi connectivity index (χ0v) is 22.8. The molecule has 5 heterocycles. The highest BCUT2D eigenvalue weighted by Gasteiger charge is 2.25. The van der Waals surface area contributed by atoms with E-state index < -0.39 is 0 Å². The number of carbonyl (C=O) groups is 1. The molecule has 1 unspecified atom stereocenters. The second kappa shape index (κ2) is 11.6. The maximum Gasteiger partial charge on any atom is 0.244 e. The average molecular weight is 558 g/mol. The van der Waals surface area contributed by atoms with Crippen LogP contribution in [0.25, 0.3) is 10.9 Å². The van der Waals surface area contributed by atoms with Gasteiger partial charge in [0, 0.05) is 68.1 Å². The molecule has 1 amide bonds. The molecule has 1 atom stereocenters. The lowest BCUT2D eigenvalue weighted by Gasteiger charge is -2.34. The van der Waals surface area contributed by atoms with E-state index in [9.17, 15) is 4.79 Å². The van der Waals surface area contributed by atoms with Crippen molar-refractivity contribution in [2.45, 2.75) is 37.9 Å². The standard InChI is InChI=1S/C25H32ClN9O2S/c26-18-11-17-12-22(30-24(17)21(13-18)28-19-2-9-37-10-3-19)25-29-20(15-38-25)1-4-33-5-7-34(8-6-33)23(36)14-35-16-27-31-32-35/h11-13,16,19-20,28,30H,1-10,14-15H2. The molecular formula is C25H32ClN9O2S. The van der Waals surface area contributed by atoms with Gasteiger partial charge in [0.15, 0.2) is 0 Å². The molecule has 0 saturated carbocycles. The number of anilines is 1. The van der Waals surface area contributed by atoms with Crippen molar-refractivity contribution in [3.63, 3.8) is 0 Å². The van der Waals surface area contributed by atoms with Crippen LogP contribution >= 0.6 is 23.4 Å².